The fraction of sp³-hybridized carbons (Fsp3) is 0.250. The van der Waals surface area contributed by atoms with Gasteiger partial charge >= 0.3 is 0 Å². The quantitative estimate of drug-likeness (QED) is 0.768. The van der Waals surface area contributed by atoms with Gasteiger partial charge in [0.05, 0.1) is 17.2 Å². The molecule has 0 radical (unpaired) electrons. The van der Waals surface area contributed by atoms with Gasteiger partial charge in [0.25, 0.3) is 5.56 Å². The fourth-order valence-electron chi connectivity index (χ4n) is 3.22. The summed E-state index contributed by atoms with van der Waals surface area (Å²) in [6, 6.07) is 13.5. The van der Waals surface area contributed by atoms with Crippen LogP contribution in [0, 0.1) is 5.82 Å². The molecule has 3 aromatic rings. The number of para-hydroxylation sites is 1. The van der Waals surface area contributed by atoms with Gasteiger partial charge in [-0.05, 0) is 42.7 Å². The lowest BCUT2D eigenvalue weighted by molar-refractivity contribution is -0.121. The van der Waals surface area contributed by atoms with Crippen molar-refractivity contribution < 1.29 is 9.18 Å². The van der Waals surface area contributed by atoms with Crippen molar-refractivity contribution in [1.29, 1.82) is 0 Å². The molecule has 1 aliphatic carbocycles. The van der Waals surface area contributed by atoms with Crippen molar-refractivity contribution in [2.45, 2.75) is 24.8 Å². The van der Waals surface area contributed by atoms with E-state index in [0.717, 1.165) is 18.4 Å². The SMILES string of the molecule is O=C(Cn1cnc2ccccc2c1=O)NCC1(c2ccc(F)cc2)CC1. The summed E-state index contributed by atoms with van der Waals surface area (Å²) in [4.78, 5) is 29.0. The van der Waals surface area contributed by atoms with Crippen LogP contribution in [-0.2, 0) is 16.8 Å². The largest absolute Gasteiger partial charge is 0.354 e. The summed E-state index contributed by atoms with van der Waals surface area (Å²) in [5, 5.41) is 3.40. The number of amides is 1. The maximum absolute atomic E-state index is 13.1. The summed E-state index contributed by atoms with van der Waals surface area (Å²) in [5.41, 5.74) is 1.30. The Labute approximate surface area is 149 Å². The summed E-state index contributed by atoms with van der Waals surface area (Å²) in [5.74, 6) is -0.505. The molecular weight excluding hydrogens is 333 g/mol. The van der Waals surface area contributed by atoms with Crippen molar-refractivity contribution in [2.75, 3.05) is 6.54 Å². The van der Waals surface area contributed by atoms with Crippen LogP contribution in [0.2, 0.25) is 0 Å². The number of hydrogen-bond donors (Lipinski definition) is 1. The number of carbonyl (C=O) groups excluding carboxylic acids is 1. The Morgan fingerprint density at radius 2 is 1.88 bits per heavy atom. The smallest absolute Gasteiger partial charge is 0.261 e. The van der Waals surface area contributed by atoms with E-state index in [1.807, 2.05) is 6.07 Å². The second kappa shape index (κ2) is 6.37. The van der Waals surface area contributed by atoms with E-state index in [9.17, 15) is 14.0 Å². The second-order valence-corrected chi connectivity index (χ2v) is 6.76. The van der Waals surface area contributed by atoms with E-state index in [0.29, 0.717) is 17.4 Å². The van der Waals surface area contributed by atoms with Crippen LogP contribution in [0.15, 0.2) is 59.7 Å². The molecule has 132 valence electrons. The van der Waals surface area contributed by atoms with Gasteiger partial charge in [0, 0.05) is 12.0 Å². The number of hydrogen-bond acceptors (Lipinski definition) is 3. The molecule has 0 aliphatic heterocycles. The van der Waals surface area contributed by atoms with Gasteiger partial charge in [0.2, 0.25) is 5.91 Å². The number of benzene rings is 2. The molecule has 1 aromatic heterocycles. The number of fused-ring (bicyclic) bond motifs is 1. The van der Waals surface area contributed by atoms with Crippen LogP contribution in [0.4, 0.5) is 4.39 Å². The van der Waals surface area contributed by atoms with Gasteiger partial charge < -0.3 is 5.32 Å². The van der Waals surface area contributed by atoms with Crippen LogP contribution in [0.1, 0.15) is 18.4 Å². The Morgan fingerprint density at radius 1 is 1.15 bits per heavy atom. The van der Waals surface area contributed by atoms with Crippen LogP contribution in [0.25, 0.3) is 10.9 Å². The third-order valence-electron chi connectivity index (χ3n) is 4.98. The number of aromatic nitrogens is 2. The standard InChI is InChI=1S/C20H18FN3O2/c21-15-7-5-14(6-8-15)20(9-10-20)12-22-18(25)11-24-13-23-17-4-2-1-3-16(17)19(24)26/h1-8,13H,9-12H2,(H,22,25). The minimum absolute atomic E-state index is 0.0732. The van der Waals surface area contributed by atoms with Gasteiger partial charge in [0.15, 0.2) is 0 Å². The van der Waals surface area contributed by atoms with E-state index >= 15 is 0 Å². The van der Waals surface area contributed by atoms with Gasteiger partial charge in [-0.25, -0.2) is 9.37 Å². The van der Waals surface area contributed by atoms with Gasteiger partial charge in [-0.3, -0.25) is 14.2 Å². The molecule has 0 bridgehead atoms. The molecule has 5 nitrogen and oxygen atoms in total. The van der Waals surface area contributed by atoms with Crippen molar-refractivity contribution in [3.63, 3.8) is 0 Å². The van der Waals surface area contributed by atoms with Crippen LogP contribution < -0.4 is 10.9 Å². The van der Waals surface area contributed by atoms with Crippen LogP contribution in [-0.4, -0.2) is 22.0 Å². The minimum Gasteiger partial charge on any atom is -0.354 e. The van der Waals surface area contributed by atoms with Crippen LogP contribution in [0.5, 0.6) is 0 Å². The molecule has 1 fully saturated rings. The topological polar surface area (TPSA) is 64.0 Å². The zero-order valence-electron chi connectivity index (χ0n) is 14.1. The van der Waals surface area contributed by atoms with Crippen LogP contribution in [0.3, 0.4) is 0 Å². The lowest BCUT2D eigenvalue weighted by Gasteiger charge is -2.17. The Bertz CT molecular complexity index is 1020. The molecular formula is C20H18FN3O2. The average molecular weight is 351 g/mol. The lowest BCUT2D eigenvalue weighted by atomic mass is 9.96. The predicted molar refractivity (Wildman–Crippen MR) is 96.3 cm³/mol. The van der Waals surface area contributed by atoms with E-state index in [2.05, 4.69) is 10.3 Å². The van der Waals surface area contributed by atoms with Crippen molar-refractivity contribution >= 4 is 16.8 Å². The summed E-state index contributed by atoms with van der Waals surface area (Å²) in [7, 11) is 0. The molecule has 1 N–H and O–H groups in total. The van der Waals surface area contributed by atoms with E-state index in [4.69, 9.17) is 0 Å². The number of nitrogens with one attached hydrogen (secondary N) is 1. The Morgan fingerprint density at radius 3 is 2.62 bits per heavy atom. The maximum atomic E-state index is 13.1. The second-order valence-electron chi connectivity index (χ2n) is 6.76. The highest BCUT2D eigenvalue weighted by Crippen LogP contribution is 2.47. The summed E-state index contributed by atoms with van der Waals surface area (Å²) in [6.45, 7) is 0.406. The molecule has 2 aromatic carbocycles. The first-order valence-electron chi connectivity index (χ1n) is 8.54. The van der Waals surface area contributed by atoms with E-state index in [1.54, 1.807) is 30.3 Å². The first kappa shape index (κ1) is 16.4. The minimum atomic E-state index is -0.267. The molecule has 6 heteroatoms. The van der Waals surface area contributed by atoms with Crippen LogP contribution >= 0.6 is 0 Å². The molecule has 1 aliphatic rings. The summed E-state index contributed by atoms with van der Waals surface area (Å²) >= 11 is 0. The summed E-state index contributed by atoms with van der Waals surface area (Å²) < 4.78 is 14.4. The van der Waals surface area contributed by atoms with Gasteiger partial charge in [-0.1, -0.05) is 24.3 Å². The Hall–Kier alpha value is -3.02. The van der Waals surface area contributed by atoms with Gasteiger partial charge in [-0.2, -0.15) is 0 Å². The summed E-state index contributed by atoms with van der Waals surface area (Å²) in [6.07, 6.45) is 3.31. The van der Waals surface area contributed by atoms with Gasteiger partial charge in [-0.15, -0.1) is 0 Å². The third kappa shape index (κ3) is 3.10. The number of carbonyl (C=O) groups is 1. The van der Waals surface area contributed by atoms with E-state index in [1.165, 1.54) is 23.0 Å². The van der Waals surface area contributed by atoms with Crippen molar-refractivity contribution in [3.8, 4) is 0 Å². The third-order valence-corrected chi connectivity index (χ3v) is 4.98. The predicted octanol–water partition coefficient (Wildman–Crippen LogP) is 2.38. The molecule has 1 heterocycles. The maximum Gasteiger partial charge on any atom is 0.261 e. The Balaban J connectivity index is 1.44. The van der Waals surface area contributed by atoms with Crippen molar-refractivity contribution in [3.05, 3.63) is 76.6 Å². The molecule has 0 atom stereocenters. The van der Waals surface area contributed by atoms with E-state index < -0.39 is 0 Å². The van der Waals surface area contributed by atoms with Gasteiger partial charge in [0.1, 0.15) is 12.4 Å². The van der Waals surface area contributed by atoms with Crippen molar-refractivity contribution in [1.82, 2.24) is 14.9 Å². The zero-order chi connectivity index (χ0) is 18.1. The highest BCUT2D eigenvalue weighted by atomic mass is 19.1. The average Bonchev–Trinajstić information content (AvgIpc) is 3.44. The number of nitrogens with zero attached hydrogens (tertiary/aromatic N) is 2. The fourth-order valence-corrected chi connectivity index (χ4v) is 3.22. The molecule has 1 amide bonds. The number of halogens is 1. The molecule has 26 heavy (non-hydrogen) atoms. The molecule has 1 saturated carbocycles. The molecule has 4 rings (SSSR count). The van der Waals surface area contributed by atoms with Crippen molar-refractivity contribution in [2.24, 2.45) is 0 Å². The highest BCUT2D eigenvalue weighted by molar-refractivity contribution is 5.79. The Kier molecular flexibility index (Phi) is 4.03. The zero-order valence-corrected chi connectivity index (χ0v) is 14.1. The number of rotatable bonds is 5. The first-order chi connectivity index (χ1) is 12.6. The molecule has 0 saturated heterocycles. The lowest BCUT2D eigenvalue weighted by Crippen LogP contribution is -2.36. The first-order valence-corrected chi connectivity index (χ1v) is 8.54. The van der Waals surface area contributed by atoms with E-state index in [-0.39, 0.29) is 29.2 Å². The normalized spacial score (nSPS) is 15.0. The molecule has 0 spiro atoms. The monoisotopic (exact) mass is 351 g/mol. The highest BCUT2D eigenvalue weighted by Gasteiger charge is 2.44. The molecule has 0 unspecified atom stereocenters.